The highest BCUT2D eigenvalue weighted by Crippen LogP contribution is 2.43. The number of carboxylic acid groups (broad SMARTS) is 1. The average molecular weight is 322 g/mol. The highest BCUT2D eigenvalue weighted by Gasteiger charge is 2.49. The summed E-state index contributed by atoms with van der Waals surface area (Å²) in [6, 6.07) is 2.83. The molecule has 0 radical (unpaired) electrons. The van der Waals surface area contributed by atoms with Gasteiger partial charge in [-0.25, -0.2) is 4.79 Å². The number of carbonyl (C=O) groups excluding carboxylic acids is 1. The van der Waals surface area contributed by atoms with Gasteiger partial charge in [0.1, 0.15) is 6.04 Å². The van der Waals surface area contributed by atoms with Gasteiger partial charge in [-0.2, -0.15) is 0 Å². The molecule has 2 aliphatic rings. The third-order valence-corrected chi connectivity index (χ3v) is 5.53. The predicted molar refractivity (Wildman–Crippen MR) is 84.2 cm³/mol. The topological polar surface area (TPSA) is 57.6 Å². The number of aryl methyl sites for hydroxylation is 2. The van der Waals surface area contributed by atoms with Crippen LogP contribution in [0, 0.1) is 25.7 Å². The largest absolute Gasteiger partial charge is 0.480 e. The summed E-state index contributed by atoms with van der Waals surface area (Å²) in [5.41, 5.74) is 2.42. The van der Waals surface area contributed by atoms with Crippen molar-refractivity contribution in [3.63, 3.8) is 0 Å². The molecule has 5 heteroatoms. The van der Waals surface area contributed by atoms with E-state index in [9.17, 15) is 14.7 Å². The SMILES string of the molecule is Cc1cc(Cl)c(C(=O)N2CC3CCCC3C2C(=O)O)cc1C. The number of halogens is 1. The third kappa shape index (κ3) is 2.39. The summed E-state index contributed by atoms with van der Waals surface area (Å²) < 4.78 is 0. The molecule has 0 aromatic heterocycles. The van der Waals surface area contributed by atoms with Gasteiger partial charge in [0.25, 0.3) is 5.91 Å². The number of hydrogen-bond donors (Lipinski definition) is 1. The van der Waals surface area contributed by atoms with Gasteiger partial charge in [0.05, 0.1) is 10.6 Å². The summed E-state index contributed by atoms with van der Waals surface area (Å²) in [7, 11) is 0. The Bertz CT molecular complexity index is 643. The molecule has 1 amide bonds. The maximum Gasteiger partial charge on any atom is 0.326 e. The fourth-order valence-corrected chi connectivity index (χ4v) is 4.23. The maximum atomic E-state index is 12.9. The molecule has 1 aliphatic heterocycles. The number of amides is 1. The molecular weight excluding hydrogens is 302 g/mol. The molecule has 1 saturated carbocycles. The van der Waals surface area contributed by atoms with E-state index in [0.717, 1.165) is 30.4 Å². The fourth-order valence-electron chi connectivity index (χ4n) is 3.93. The number of hydrogen-bond acceptors (Lipinski definition) is 2. The zero-order chi connectivity index (χ0) is 16.0. The molecule has 0 spiro atoms. The van der Waals surface area contributed by atoms with Crippen LogP contribution in [-0.4, -0.2) is 34.5 Å². The molecule has 0 bridgehead atoms. The van der Waals surface area contributed by atoms with Crippen LogP contribution in [0.2, 0.25) is 5.02 Å². The molecule has 1 aromatic rings. The van der Waals surface area contributed by atoms with Crippen LogP contribution in [0.15, 0.2) is 12.1 Å². The molecule has 3 rings (SSSR count). The summed E-state index contributed by atoms with van der Waals surface area (Å²) in [6.07, 6.45) is 2.97. The molecule has 3 unspecified atom stereocenters. The van der Waals surface area contributed by atoms with Crippen LogP contribution >= 0.6 is 11.6 Å². The number of likely N-dealkylation sites (tertiary alicyclic amines) is 1. The van der Waals surface area contributed by atoms with Crippen LogP contribution < -0.4 is 0 Å². The lowest BCUT2D eigenvalue weighted by Crippen LogP contribution is -2.43. The van der Waals surface area contributed by atoms with E-state index in [1.165, 1.54) is 4.90 Å². The Morgan fingerprint density at radius 3 is 2.59 bits per heavy atom. The molecule has 2 fully saturated rings. The molecule has 1 saturated heterocycles. The number of carboxylic acids is 1. The lowest BCUT2D eigenvalue weighted by atomic mass is 9.94. The van der Waals surface area contributed by atoms with Crippen LogP contribution in [0.3, 0.4) is 0 Å². The van der Waals surface area contributed by atoms with Crippen molar-refractivity contribution in [2.24, 2.45) is 11.8 Å². The van der Waals surface area contributed by atoms with Gasteiger partial charge >= 0.3 is 5.97 Å². The minimum absolute atomic E-state index is 0.0896. The van der Waals surface area contributed by atoms with E-state index in [2.05, 4.69) is 0 Å². The first-order valence-electron chi connectivity index (χ1n) is 7.70. The van der Waals surface area contributed by atoms with Crippen LogP contribution in [0.1, 0.15) is 40.7 Å². The standard InChI is InChI=1S/C17H20ClNO3/c1-9-6-13(14(18)7-10(9)2)16(20)19-8-11-4-3-5-12(11)15(19)17(21)22/h6-7,11-12,15H,3-5,8H2,1-2H3,(H,21,22). The van der Waals surface area contributed by atoms with Crippen molar-refractivity contribution in [3.8, 4) is 0 Å². The molecule has 4 nitrogen and oxygen atoms in total. The van der Waals surface area contributed by atoms with Gasteiger partial charge in [0.15, 0.2) is 0 Å². The quantitative estimate of drug-likeness (QED) is 0.909. The van der Waals surface area contributed by atoms with Gasteiger partial charge in [0.2, 0.25) is 0 Å². The van der Waals surface area contributed by atoms with Crippen molar-refractivity contribution in [2.75, 3.05) is 6.54 Å². The second-order valence-electron chi connectivity index (χ2n) is 6.51. The Morgan fingerprint density at radius 2 is 1.91 bits per heavy atom. The monoisotopic (exact) mass is 321 g/mol. The van der Waals surface area contributed by atoms with Crippen molar-refractivity contribution < 1.29 is 14.7 Å². The molecule has 3 atom stereocenters. The van der Waals surface area contributed by atoms with Gasteiger partial charge in [-0.15, -0.1) is 0 Å². The molecule has 1 heterocycles. The van der Waals surface area contributed by atoms with Crippen LogP contribution in [0.4, 0.5) is 0 Å². The van der Waals surface area contributed by atoms with Crippen molar-refractivity contribution in [1.82, 2.24) is 4.90 Å². The lowest BCUT2D eigenvalue weighted by molar-refractivity contribution is -0.142. The second kappa shape index (κ2) is 5.58. The Kier molecular flexibility index (Phi) is 3.89. The van der Waals surface area contributed by atoms with Crippen molar-refractivity contribution >= 4 is 23.5 Å². The lowest BCUT2D eigenvalue weighted by Gasteiger charge is -2.25. The van der Waals surface area contributed by atoms with Crippen molar-refractivity contribution in [2.45, 2.75) is 39.2 Å². The van der Waals surface area contributed by atoms with Gasteiger partial charge in [-0.3, -0.25) is 4.79 Å². The van der Waals surface area contributed by atoms with Crippen molar-refractivity contribution in [1.29, 1.82) is 0 Å². The molecule has 118 valence electrons. The Balaban J connectivity index is 1.95. The summed E-state index contributed by atoms with van der Waals surface area (Å²) in [6.45, 7) is 4.40. The van der Waals surface area contributed by atoms with Crippen LogP contribution in [0.5, 0.6) is 0 Å². The van der Waals surface area contributed by atoms with E-state index in [1.807, 2.05) is 13.8 Å². The molecule has 1 N–H and O–H groups in total. The predicted octanol–water partition coefficient (Wildman–Crippen LogP) is 3.28. The van der Waals surface area contributed by atoms with E-state index in [4.69, 9.17) is 11.6 Å². The van der Waals surface area contributed by atoms with Gasteiger partial charge < -0.3 is 10.0 Å². The van der Waals surface area contributed by atoms with Gasteiger partial charge in [-0.1, -0.05) is 18.0 Å². The minimum Gasteiger partial charge on any atom is -0.480 e. The Labute approximate surface area is 135 Å². The highest BCUT2D eigenvalue weighted by atomic mass is 35.5. The highest BCUT2D eigenvalue weighted by molar-refractivity contribution is 6.34. The number of benzene rings is 1. The fraction of sp³-hybridized carbons (Fsp3) is 0.529. The summed E-state index contributed by atoms with van der Waals surface area (Å²) >= 11 is 6.23. The summed E-state index contributed by atoms with van der Waals surface area (Å²) in [5.74, 6) is -0.750. The number of rotatable bonds is 2. The summed E-state index contributed by atoms with van der Waals surface area (Å²) in [5, 5.41) is 9.97. The van der Waals surface area contributed by atoms with Gasteiger partial charge in [-0.05, 0) is 61.8 Å². The van der Waals surface area contributed by atoms with E-state index in [-0.39, 0.29) is 11.8 Å². The number of fused-ring (bicyclic) bond motifs is 1. The summed E-state index contributed by atoms with van der Waals surface area (Å²) in [4.78, 5) is 26.0. The molecule has 1 aromatic carbocycles. The Morgan fingerprint density at radius 1 is 1.23 bits per heavy atom. The Hall–Kier alpha value is -1.55. The van der Waals surface area contributed by atoms with Crippen LogP contribution in [-0.2, 0) is 4.79 Å². The molecule has 22 heavy (non-hydrogen) atoms. The minimum atomic E-state index is -0.900. The maximum absolute atomic E-state index is 12.9. The normalized spacial score (nSPS) is 27.0. The smallest absolute Gasteiger partial charge is 0.326 e. The van der Waals surface area contributed by atoms with Crippen LogP contribution in [0.25, 0.3) is 0 Å². The first-order chi connectivity index (χ1) is 10.4. The number of nitrogens with zero attached hydrogens (tertiary/aromatic N) is 1. The zero-order valence-electron chi connectivity index (χ0n) is 12.8. The van der Waals surface area contributed by atoms with Crippen molar-refractivity contribution in [3.05, 3.63) is 33.8 Å². The van der Waals surface area contributed by atoms with Gasteiger partial charge in [0, 0.05) is 6.54 Å². The first-order valence-corrected chi connectivity index (χ1v) is 8.08. The van der Waals surface area contributed by atoms with E-state index >= 15 is 0 Å². The molecule has 1 aliphatic carbocycles. The number of aliphatic carboxylic acids is 1. The second-order valence-corrected chi connectivity index (χ2v) is 6.92. The van der Waals surface area contributed by atoms with E-state index in [0.29, 0.717) is 23.0 Å². The van der Waals surface area contributed by atoms with E-state index in [1.54, 1.807) is 12.1 Å². The molecular formula is C17H20ClNO3. The number of carbonyl (C=O) groups is 2. The zero-order valence-corrected chi connectivity index (χ0v) is 13.6. The third-order valence-electron chi connectivity index (χ3n) is 5.22. The first kappa shape index (κ1) is 15.3. The van der Waals surface area contributed by atoms with E-state index < -0.39 is 12.0 Å². The average Bonchev–Trinajstić information content (AvgIpc) is 3.01.